The van der Waals surface area contributed by atoms with E-state index in [9.17, 15) is 22.8 Å². The van der Waals surface area contributed by atoms with E-state index in [1.54, 1.807) is 0 Å². The smallest absolute Gasteiger partial charge is 0.404 e. The molecule has 0 saturated carbocycles. The molecule has 3 heterocycles. The molecule has 0 radical (unpaired) electrons. The number of anilines is 2. The lowest BCUT2D eigenvalue weighted by Gasteiger charge is -2.31. The number of benzene rings is 1. The largest absolute Gasteiger partial charge is 0.573 e. The number of ether oxygens (including phenoxy) is 1. The maximum atomic E-state index is 13.0. The monoisotopic (exact) mass is 540 g/mol. The molecule has 1 aromatic heterocycles. The van der Waals surface area contributed by atoms with Gasteiger partial charge in [0.15, 0.2) is 11.5 Å². The lowest BCUT2D eigenvalue weighted by molar-refractivity contribution is -0.274. The number of rotatable bonds is 8. The van der Waals surface area contributed by atoms with Crippen molar-refractivity contribution < 1.29 is 27.5 Å². The van der Waals surface area contributed by atoms with E-state index in [4.69, 9.17) is 0 Å². The zero-order chi connectivity index (χ0) is 26.6. The van der Waals surface area contributed by atoms with Crippen LogP contribution in [0, 0.1) is 5.92 Å². The predicted octanol–water partition coefficient (Wildman–Crippen LogP) is 3.28. The molecule has 0 bridgehead atoms. The van der Waals surface area contributed by atoms with Gasteiger partial charge < -0.3 is 19.9 Å². The third-order valence-electron chi connectivity index (χ3n) is 6.59. The molecule has 1 amide bonds. The number of carbonyl (C=O) groups excluding carboxylic acids is 2. The molecule has 4 rings (SSSR count). The third-order valence-corrected chi connectivity index (χ3v) is 7.57. The number of piperidine rings is 1. The van der Waals surface area contributed by atoms with E-state index in [-0.39, 0.29) is 30.0 Å². The summed E-state index contributed by atoms with van der Waals surface area (Å²) < 4.78 is 43.0. The number of nitrogens with one attached hydrogen (secondary N) is 1. The van der Waals surface area contributed by atoms with Crippen LogP contribution in [0.3, 0.4) is 0 Å². The molecule has 13 heteroatoms. The summed E-state index contributed by atoms with van der Waals surface area (Å²) in [7, 11) is 1.98. The minimum Gasteiger partial charge on any atom is -0.404 e. The van der Waals surface area contributed by atoms with Crippen LogP contribution in [0.4, 0.5) is 24.0 Å². The lowest BCUT2D eigenvalue weighted by Crippen LogP contribution is -2.47. The Hall–Kier alpha value is -2.77. The molecular weight excluding hydrogens is 509 g/mol. The Labute approximate surface area is 217 Å². The highest BCUT2D eigenvalue weighted by Gasteiger charge is 2.33. The van der Waals surface area contributed by atoms with Crippen molar-refractivity contribution in [1.82, 2.24) is 20.0 Å². The molecule has 0 atom stereocenters. The van der Waals surface area contributed by atoms with Crippen LogP contribution in [0.5, 0.6) is 5.75 Å². The maximum absolute atomic E-state index is 13.0. The maximum Gasteiger partial charge on any atom is 0.573 e. The number of amides is 1. The first-order valence-electron chi connectivity index (χ1n) is 12.3. The molecule has 2 fully saturated rings. The van der Waals surface area contributed by atoms with Crippen LogP contribution >= 0.6 is 11.3 Å². The van der Waals surface area contributed by atoms with Crippen molar-refractivity contribution in [3.63, 3.8) is 0 Å². The number of Topliss-reactive ketones (excluding diaryl/α,β-unsaturated/α-hetero) is 1. The van der Waals surface area contributed by atoms with Crippen LogP contribution in [0.15, 0.2) is 18.2 Å². The molecule has 0 spiro atoms. The number of halogens is 3. The van der Waals surface area contributed by atoms with Crippen LogP contribution in [0.2, 0.25) is 0 Å². The summed E-state index contributed by atoms with van der Waals surface area (Å²) in [6, 6.07) is 3.53. The number of carbonyl (C=O) groups is 2. The van der Waals surface area contributed by atoms with Gasteiger partial charge in [0, 0.05) is 44.8 Å². The Balaban J connectivity index is 1.44. The van der Waals surface area contributed by atoms with Gasteiger partial charge in [-0.05, 0) is 44.0 Å². The number of likely N-dealkylation sites (N-methyl/N-ethyl adjacent to an activating group) is 1. The molecule has 2 aliphatic rings. The summed E-state index contributed by atoms with van der Waals surface area (Å²) in [5.74, 6) is -0.729. The molecule has 2 aromatic rings. The van der Waals surface area contributed by atoms with Gasteiger partial charge in [-0.1, -0.05) is 18.3 Å². The van der Waals surface area contributed by atoms with Gasteiger partial charge in [-0.3, -0.25) is 14.5 Å². The average Bonchev–Trinajstić information content (AvgIpc) is 3.29. The minimum absolute atomic E-state index is 0.0281. The van der Waals surface area contributed by atoms with Gasteiger partial charge in [-0.15, -0.1) is 23.4 Å². The molecular formula is C24H31F3N6O3S. The van der Waals surface area contributed by atoms with E-state index in [1.807, 2.05) is 11.9 Å². The van der Waals surface area contributed by atoms with Gasteiger partial charge in [-0.2, -0.15) is 0 Å². The minimum atomic E-state index is -4.95. The number of hydrogen-bond donors (Lipinski definition) is 1. The second-order valence-corrected chi connectivity index (χ2v) is 10.7. The van der Waals surface area contributed by atoms with Gasteiger partial charge >= 0.3 is 6.36 Å². The van der Waals surface area contributed by atoms with Crippen molar-refractivity contribution in [2.45, 2.75) is 32.5 Å². The van der Waals surface area contributed by atoms with Crippen molar-refractivity contribution in [3.8, 4) is 5.75 Å². The molecule has 202 valence electrons. The zero-order valence-electron chi connectivity index (χ0n) is 20.9. The van der Waals surface area contributed by atoms with E-state index < -0.39 is 18.0 Å². The number of aromatic nitrogens is 2. The summed E-state index contributed by atoms with van der Waals surface area (Å²) in [6.07, 6.45) is -2.85. The van der Waals surface area contributed by atoms with Gasteiger partial charge in [0.25, 0.3) is 0 Å². The van der Waals surface area contributed by atoms with Crippen molar-refractivity contribution in [3.05, 3.63) is 28.8 Å². The van der Waals surface area contributed by atoms with E-state index in [0.29, 0.717) is 24.0 Å². The summed E-state index contributed by atoms with van der Waals surface area (Å²) in [4.78, 5) is 31.8. The Bertz CT molecular complexity index is 1100. The van der Waals surface area contributed by atoms with Gasteiger partial charge in [0.1, 0.15) is 5.01 Å². The first kappa shape index (κ1) is 27.3. The van der Waals surface area contributed by atoms with Crippen molar-refractivity contribution in [2.24, 2.45) is 5.92 Å². The first-order valence-corrected chi connectivity index (χ1v) is 13.1. The Morgan fingerprint density at radius 2 is 1.81 bits per heavy atom. The molecule has 9 nitrogen and oxygen atoms in total. The summed E-state index contributed by atoms with van der Waals surface area (Å²) in [5, 5.41) is 12.1. The number of piperazine rings is 1. The third kappa shape index (κ3) is 7.86. The highest BCUT2D eigenvalue weighted by Crippen LogP contribution is 2.32. The van der Waals surface area contributed by atoms with Crippen LogP contribution in [0.25, 0.3) is 0 Å². The second-order valence-electron chi connectivity index (χ2n) is 9.63. The quantitative estimate of drug-likeness (QED) is 0.511. The average molecular weight is 541 g/mol. The fourth-order valence-electron chi connectivity index (χ4n) is 4.30. The predicted molar refractivity (Wildman–Crippen MR) is 134 cm³/mol. The number of alkyl halides is 3. The Kier molecular flexibility index (Phi) is 8.65. The van der Waals surface area contributed by atoms with Crippen LogP contribution in [-0.4, -0.2) is 90.9 Å². The summed E-state index contributed by atoms with van der Waals surface area (Å²) in [6.45, 7) is 6.97. The molecule has 1 aromatic carbocycles. The van der Waals surface area contributed by atoms with Crippen LogP contribution in [0.1, 0.15) is 35.1 Å². The molecule has 0 aliphatic carbocycles. The van der Waals surface area contributed by atoms with E-state index >= 15 is 0 Å². The van der Waals surface area contributed by atoms with E-state index in [1.165, 1.54) is 23.5 Å². The fraction of sp³-hybridized carbons (Fsp3) is 0.583. The van der Waals surface area contributed by atoms with Crippen molar-refractivity contribution in [2.75, 3.05) is 63.1 Å². The van der Waals surface area contributed by atoms with Crippen molar-refractivity contribution in [1.29, 1.82) is 0 Å². The van der Waals surface area contributed by atoms with Crippen LogP contribution < -0.4 is 15.0 Å². The van der Waals surface area contributed by atoms with Gasteiger partial charge in [0.05, 0.1) is 18.7 Å². The molecule has 0 unspecified atom stereocenters. The highest BCUT2D eigenvalue weighted by molar-refractivity contribution is 7.15. The van der Waals surface area contributed by atoms with Gasteiger partial charge in [0.2, 0.25) is 11.0 Å². The van der Waals surface area contributed by atoms with E-state index in [2.05, 4.69) is 37.0 Å². The van der Waals surface area contributed by atoms with Gasteiger partial charge in [-0.25, -0.2) is 0 Å². The first-order chi connectivity index (χ1) is 17.6. The zero-order valence-corrected chi connectivity index (χ0v) is 21.7. The molecule has 2 saturated heterocycles. The lowest BCUT2D eigenvalue weighted by atomic mass is 10.00. The molecule has 37 heavy (non-hydrogen) atoms. The normalized spacial score (nSPS) is 18.1. The Morgan fingerprint density at radius 1 is 1.11 bits per heavy atom. The van der Waals surface area contributed by atoms with Crippen molar-refractivity contribution >= 4 is 33.8 Å². The molecule has 1 N–H and O–H groups in total. The topological polar surface area (TPSA) is 90.9 Å². The molecule has 2 aliphatic heterocycles. The SMILES string of the molecule is CC1CCN(c2nnc(CC(=O)c3ccc(OC(F)(F)F)c(NC(=O)CN4CCN(C)CC4)c3)s2)CC1. The Morgan fingerprint density at radius 3 is 2.49 bits per heavy atom. The summed E-state index contributed by atoms with van der Waals surface area (Å²) in [5.41, 5.74) is -0.0596. The number of ketones is 1. The second kappa shape index (κ2) is 11.7. The highest BCUT2D eigenvalue weighted by atomic mass is 32.1. The standard InChI is InChI=1S/C24H31F3N6O3S/c1-16-5-7-33(8-6-16)23-30-29-22(37-23)14-19(34)17-3-4-20(36-24(25,26)27)18(13-17)28-21(35)15-32-11-9-31(2)10-12-32/h3-4,13,16H,5-12,14-15H2,1-2H3,(H,28,35). The van der Waals surface area contributed by atoms with E-state index in [0.717, 1.165) is 50.2 Å². The summed E-state index contributed by atoms with van der Waals surface area (Å²) >= 11 is 1.34. The van der Waals surface area contributed by atoms with Crippen LogP contribution in [-0.2, 0) is 11.2 Å². The fourth-order valence-corrected chi connectivity index (χ4v) is 5.19. The number of nitrogens with zero attached hydrogens (tertiary/aromatic N) is 5. The number of hydrogen-bond acceptors (Lipinski definition) is 9.